The largest absolute Gasteiger partial charge is 0.478 e. The summed E-state index contributed by atoms with van der Waals surface area (Å²) >= 11 is 0. The molecule has 0 fully saturated rings. The molecule has 0 unspecified atom stereocenters. The molecule has 3 N–H and O–H groups in total. The predicted octanol–water partition coefficient (Wildman–Crippen LogP) is 1.89. The Morgan fingerprint density at radius 3 is 2.87 bits per heavy atom. The summed E-state index contributed by atoms with van der Waals surface area (Å²) in [6.45, 7) is 0. The van der Waals surface area contributed by atoms with E-state index in [1.165, 1.54) is 6.07 Å². The lowest BCUT2D eigenvalue weighted by atomic mass is 10.1. The van der Waals surface area contributed by atoms with E-state index in [2.05, 4.69) is 0 Å². The van der Waals surface area contributed by atoms with E-state index in [4.69, 9.17) is 16.1 Å². The van der Waals surface area contributed by atoms with Gasteiger partial charge in [0.25, 0.3) is 0 Å². The van der Waals surface area contributed by atoms with Gasteiger partial charge in [-0.05, 0) is 17.7 Å². The van der Waals surface area contributed by atoms with E-state index in [-0.39, 0.29) is 11.3 Å². The van der Waals surface area contributed by atoms with Crippen molar-refractivity contribution >= 4 is 17.7 Å². The van der Waals surface area contributed by atoms with Gasteiger partial charge in [-0.3, -0.25) is 0 Å². The molecule has 0 aromatic heterocycles. The molecule has 1 rings (SSSR count). The third-order valence-corrected chi connectivity index (χ3v) is 1.83. The van der Waals surface area contributed by atoms with E-state index in [1.54, 1.807) is 24.3 Å². The molecule has 0 atom stereocenters. The van der Waals surface area contributed by atoms with Gasteiger partial charge in [0.1, 0.15) is 0 Å². The van der Waals surface area contributed by atoms with Gasteiger partial charge in [-0.1, -0.05) is 18.2 Å². The second kappa shape index (κ2) is 4.82. The quantitative estimate of drug-likeness (QED) is 0.732. The molecule has 0 aliphatic carbocycles. The lowest BCUT2D eigenvalue weighted by molar-refractivity contribution is 0.0698. The van der Waals surface area contributed by atoms with Crippen molar-refractivity contribution in [2.24, 2.45) is 0 Å². The third kappa shape index (κ3) is 2.85. The number of anilines is 1. The Bertz CT molecular complexity index is 444. The van der Waals surface area contributed by atoms with Crippen LogP contribution in [0.15, 0.2) is 24.3 Å². The minimum Gasteiger partial charge on any atom is -0.478 e. The Morgan fingerprint density at radius 2 is 2.33 bits per heavy atom. The highest BCUT2D eigenvalue weighted by Crippen LogP contribution is 2.15. The van der Waals surface area contributed by atoms with Crippen molar-refractivity contribution < 1.29 is 9.90 Å². The Hall–Kier alpha value is -2.28. The van der Waals surface area contributed by atoms with Crippen molar-refractivity contribution in [3.8, 4) is 6.07 Å². The predicted molar refractivity (Wildman–Crippen MR) is 57.1 cm³/mol. The highest BCUT2D eigenvalue weighted by molar-refractivity contribution is 5.94. The number of nitriles is 1. The first-order valence-corrected chi connectivity index (χ1v) is 4.31. The Labute approximate surface area is 87.3 Å². The van der Waals surface area contributed by atoms with Crippen LogP contribution in [0.2, 0.25) is 0 Å². The summed E-state index contributed by atoms with van der Waals surface area (Å²) in [5, 5.41) is 17.0. The fraction of sp³-hybridized carbons (Fsp3) is 0.0909. The number of nitrogens with zero attached hydrogens (tertiary/aromatic N) is 1. The van der Waals surface area contributed by atoms with Crippen LogP contribution in [0, 0.1) is 11.3 Å². The number of aromatic carboxylic acids is 1. The molecule has 0 saturated carbocycles. The van der Waals surface area contributed by atoms with E-state index < -0.39 is 5.97 Å². The summed E-state index contributed by atoms with van der Waals surface area (Å²) in [4.78, 5) is 10.7. The van der Waals surface area contributed by atoms with Crippen LogP contribution in [0.3, 0.4) is 0 Å². The molecule has 0 amide bonds. The third-order valence-electron chi connectivity index (χ3n) is 1.83. The summed E-state index contributed by atoms with van der Waals surface area (Å²) in [6, 6.07) is 6.63. The number of carboxylic acid groups (broad SMARTS) is 1. The molecule has 4 heteroatoms. The average Bonchev–Trinajstić information content (AvgIpc) is 2.17. The minimum absolute atomic E-state index is 0.0902. The molecule has 0 radical (unpaired) electrons. The maximum Gasteiger partial charge on any atom is 0.337 e. The topological polar surface area (TPSA) is 87.1 Å². The number of rotatable bonds is 3. The summed E-state index contributed by atoms with van der Waals surface area (Å²) in [7, 11) is 0. The fourth-order valence-electron chi connectivity index (χ4n) is 1.13. The van der Waals surface area contributed by atoms with Crippen molar-refractivity contribution in [3.63, 3.8) is 0 Å². The van der Waals surface area contributed by atoms with Crippen molar-refractivity contribution in [1.82, 2.24) is 0 Å². The Balaban J connectivity index is 2.93. The van der Waals surface area contributed by atoms with E-state index in [0.717, 1.165) is 5.56 Å². The number of carbonyl (C=O) groups is 1. The second-order valence-corrected chi connectivity index (χ2v) is 2.92. The van der Waals surface area contributed by atoms with Crippen LogP contribution in [0.1, 0.15) is 22.3 Å². The average molecular weight is 202 g/mol. The lowest BCUT2D eigenvalue weighted by Crippen LogP contribution is -2.01. The van der Waals surface area contributed by atoms with Gasteiger partial charge in [-0.15, -0.1) is 0 Å². The summed E-state index contributed by atoms with van der Waals surface area (Å²) in [5.74, 6) is -1.04. The molecule has 0 saturated heterocycles. The van der Waals surface area contributed by atoms with Gasteiger partial charge >= 0.3 is 5.97 Å². The monoisotopic (exact) mass is 202 g/mol. The van der Waals surface area contributed by atoms with E-state index in [1.807, 2.05) is 6.07 Å². The smallest absolute Gasteiger partial charge is 0.337 e. The summed E-state index contributed by atoms with van der Waals surface area (Å²) in [6.07, 6.45) is 3.74. The van der Waals surface area contributed by atoms with Crippen molar-refractivity contribution in [3.05, 3.63) is 35.4 Å². The van der Waals surface area contributed by atoms with E-state index in [9.17, 15) is 4.79 Å². The van der Waals surface area contributed by atoms with Crippen LogP contribution in [0.4, 0.5) is 5.69 Å². The SMILES string of the molecule is N#CCC=Cc1ccc(C(=O)O)c(N)c1. The van der Waals surface area contributed by atoms with E-state index >= 15 is 0 Å². The molecule has 0 bridgehead atoms. The molecule has 4 nitrogen and oxygen atoms in total. The van der Waals surface area contributed by atoms with Crippen LogP contribution in [0.5, 0.6) is 0 Å². The molecule has 76 valence electrons. The number of nitrogen functional groups attached to an aromatic ring is 1. The standard InChI is InChI=1S/C11H10N2O2/c12-6-2-1-3-8-4-5-9(11(14)15)10(13)7-8/h1,3-5,7H,2,13H2,(H,14,15). The molecule has 0 aliphatic heterocycles. The van der Waals surface area contributed by atoms with Gasteiger partial charge in [0.05, 0.1) is 18.1 Å². The van der Waals surface area contributed by atoms with Crippen LogP contribution in [-0.2, 0) is 0 Å². The summed E-state index contributed by atoms with van der Waals surface area (Å²) in [5.41, 5.74) is 6.65. The molecule has 0 heterocycles. The van der Waals surface area contributed by atoms with Crippen LogP contribution in [0.25, 0.3) is 6.08 Å². The Morgan fingerprint density at radius 1 is 1.60 bits per heavy atom. The zero-order valence-electron chi connectivity index (χ0n) is 7.97. The zero-order chi connectivity index (χ0) is 11.3. The molecule has 15 heavy (non-hydrogen) atoms. The number of carboxylic acids is 1. The first-order valence-electron chi connectivity index (χ1n) is 4.31. The van der Waals surface area contributed by atoms with Gasteiger partial charge in [-0.2, -0.15) is 5.26 Å². The molecule has 0 spiro atoms. The second-order valence-electron chi connectivity index (χ2n) is 2.92. The maximum atomic E-state index is 10.7. The van der Waals surface area contributed by atoms with Gasteiger partial charge < -0.3 is 10.8 Å². The number of nitrogens with two attached hydrogens (primary N) is 1. The molecular weight excluding hydrogens is 192 g/mol. The van der Waals surface area contributed by atoms with Gasteiger partial charge in [-0.25, -0.2) is 4.79 Å². The Kier molecular flexibility index (Phi) is 3.47. The number of allylic oxidation sites excluding steroid dienone is 1. The lowest BCUT2D eigenvalue weighted by Gasteiger charge is -2.01. The fourth-order valence-corrected chi connectivity index (χ4v) is 1.13. The van der Waals surface area contributed by atoms with Crippen LogP contribution >= 0.6 is 0 Å². The zero-order valence-corrected chi connectivity index (χ0v) is 7.97. The summed E-state index contributed by atoms with van der Waals surface area (Å²) < 4.78 is 0. The highest BCUT2D eigenvalue weighted by Gasteiger charge is 2.06. The van der Waals surface area contributed by atoms with Gasteiger partial charge in [0.15, 0.2) is 0 Å². The van der Waals surface area contributed by atoms with Crippen molar-refractivity contribution in [1.29, 1.82) is 5.26 Å². The van der Waals surface area contributed by atoms with Gasteiger partial charge in [0, 0.05) is 5.69 Å². The molecule has 1 aromatic rings. The highest BCUT2D eigenvalue weighted by atomic mass is 16.4. The first kappa shape index (κ1) is 10.8. The van der Waals surface area contributed by atoms with Crippen LogP contribution < -0.4 is 5.73 Å². The number of hydrogen-bond donors (Lipinski definition) is 2. The van der Waals surface area contributed by atoms with E-state index in [0.29, 0.717) is 6.42 Å². The molecular formula is C11H10N2O2. The molecule has 1 aromatic carbocycles. The first-order chi connectivity index (χ1) is 7.15. The number of hydrogen-bond acceptors (Lipinski definition) is 3. The van der Waals surface area contributed by atoms with Crippen molar-refractivity contribution in [2.45, 2.75) is 6.42 Å². The normalized spacial score (nSPS) is 10.1. The van der Waals surface area contributed by atoms with Crippen LogP contribution in [-0.4, -0.2) is 11.1 Å². The minimum atomic E-state index is -1.04. The maximum absolute atomic E-state index is 10.7. The number of benzene rings is 1. The molecule has 0 aliphatic rings. The van der Waals surface area contributed by atoms with Gasteiger partial charge in [0.2, 0.25) is 0 Å². The van der Waals surface area contributed by atoms with Crippen molar-refractivity contribution in [2.75, 3.05) is 5.73 Å².